The highest BCUT2D eigenvalue weighted by atomic mass is 35.5. The maximum atomic E-state index is 14.5. The summed E-state index contributed by atoms with van der Waals surface area (Å²) in [7, 11) is -5.68. The van der Waals surface area contributed by atoms with Gasteiger partial charge < -0.3 is 24.8 Å². The molecule has 30 heteroatoms. The number of halogens is 6. The van der Waals surface area contributed by atoms with Gasteiger partial charge in [-0.25, -0.2) is 51.8 Å². The lowest BCUT2D eigenvalue weighted by molar-refractivity contribution is -0.137. The number of carbonyl (C=O) groups excluding carboxylic acids is 3. The van der Waals surface area contributed by atoms with Gasteiger partial charge in [-0.05, 0) is 58.6 Å². The van der Waals surface area contributed by atoms with Gasteiger partial charge >= 0.3 is 28.2 Å². The Morgan fingerprint density at radius 3 is 1.45 bits per heavy atom. The fourth-order valence-corrected chi connectivity index (χ4v) is 12.0. The number of nitrogens with one attached hydrogen (secondary N) is 3. The number of piperidine rings is 2. The Balaban J connectivity index is 0.000000222. The summed E-state index contributed by atoms with van der Waals surface area (Å²) in [5.41, 5.74) is 0.140. The number of amides is 1. The number of ether oxygens (including phenoxy) is 3. The summed E-state index contributed by atoms with van der Waals surface area (Å²) < 4.78 is 125. The van der Waals surface area contributed by atoms with E-state index < -0.39 is 95.4 Å². The van der Waals surface area contributed by atoms with Crippen LogP contribution < -0.4 is 20.5 Å². The van der Waals surface area contributed by atoms with Crippen LogP contribution in [-0.4, -0.2) is 111 Å². The molecule has 2 fully saturated rings. The summed E-state index contributed by atoms with van der Waals surface area (Å²) in [4.78, 5) is 55.8. The minimum absolute atomic E-state index is 0.00274. The second-order valence-electron chi connectivity index (χ2n) is 17.9. The molecule has 0 bridgehead atoms. The van der Waals surface area contributed by atoms with E-state index in [4.69, 9.17) is 42.6 Å². The molecule has 0 aliphatic carbocycles. The molecule has 2 unspecified atom stereocenters. The molecule has 5 N–H and O–H groups in total. The van der Waals surface area contributed by atoms with E-state index in [9.17, 15) is 48.8 Å². The number of aromatic nitrogens is 2. The molecule has 0 saturated carbocycles. The molecule has 2 aromatic carbocycles. The number of benzene rings is 2. The number of amidine groups is 2. The summed E-state index contributed by atoms with van der Waals surface area (Å²) in [5, 5.41) is 15.0. The largest absolute Gasteiger partial charge is 0.466 e. The van der Waals surface area contributed by atoms with Crippen LogP contribution in [0.15, 0.2) is 79.9 Å². The molecule has 2 aromatic heterocycles. The molecule has 4 aromatic rings. The molecule has 4 aliphatic heterocycles. The van der Waals surface area contributed by atoms with Crippen molar-refractivity contribution >= 4 is 96.0 Å². The number of nitrogens with two attached hydrogens (primary N) is 1. The van der Waals surface area contributed by atoms with Gasteiger partial charge in [-0.3, -0.25) is 9.98 Å². The second-order valence-corrected chi connectivity index (χ2v) is 23.6. The van der Waals surface area contributed by atoms with Crippen molar-refractivity contribution in [2.75, 3.05) is 40.4 Å². The van der Waals surface area contributed by atoms with Gasteiger partial charge in [-0.2, -0.15) is 25.4 Å². The summed E-state index contributed by atoms with van der Waals surface area (Å²) in [6, 6.07) is 2.04. The van der Waals surface area contributed by atoms with E-state index in [2.05, 4.69) is 30.6 Å². The zero-order chi connectivity index (χ0) is 54.7. The molecule has 75 heavy (non-hydrogen) atoms. The van der Waals surface area contributed by atoms with Crippen molar-refractivity contribution in [3.63, 3.8) is 0 Å². The van der Waals surface area contributed by atoms with Crippen molar-refractivity contribution in [3.8, 4) is 0 Å². The van der Waals surface area contributed by atoms with Crippen LogP contribution in [0.3, 0.4) is 0 Å². The van der Waals surface area contributed by atoms with E-state index in [1.807, 2.05) is 4.72 Å². The number of aliphatic imine (C=N–C) groups is 2. The van der Waals surface area contributed by atoms with Crippen LogP contribution in [0.25, 0.3) is 0 Å². The van der Waals surface area contributed by atoms with Crippen molar-refractivity contribution in [1.82, 2.24) is 33.9 Å². The van der Waals surface area contributed by atoms with E-state index in [-0.39, 0.29) is 73.0 Å². The number of methoxy groups -OCH3 is 2. The Hall–Kier alpha value is -5.59. The Bertz CT molecular complexity index is 3200. The SMILES string of the molecule is COC(=O)C1=C(C2CCN(S(=O)(=O)NC(=O)OC(C)(C)C)CC2)NC(c2nccs2)=NC1c1ccc(F)c(F)c1Cl.COC(=O)C1=C(C2CCN(S(N)(=O)=O)CC2)NC(c2nccs2)=NC1c1ccc(F)c(F)c1Cl. The first-order chi connectivity index (χ1) is 35.3. The summed E-state index contributed by atoms with van der Waals surface area (Å²) in [6.45, 7) is 5.12. The number of esters is 2. The van der Waals surface area contributed by atoms with Gasteiger partial charge in [-0.1, -0.05) is 35.3 Å². The van der Waals surface area contributed by atoms with E-state index in [1.54, 1.807) is 43.9 Å². The van der Waals surface area contributed by atoms with Gasteiger partial charge in [0.15, 0.2) is 45.0 Å². The second kappa shape index (κ2) is 23.3. The minimum atomic E-state index is -4.20. The standard InChI is InChI=1S/C25H28ClF2N5O6S2.C20H20ClF2N5O4S2/c1-25(2,3)39-24(35)32-41(36,37)33-10-7-13(8-11-33)19-16(23(34)38-4)20(14-5-6-15(27)18(28)17(14)26)31-21(30-19)22-29-9-12-40-22;1-32-20(29)13-16(10-4-7-28(8-5-10)34(24,30)31)26-18(19-25-6-9-33-19)27-17(13)11-2-3-12(22)15(23)14(11)21/h5-6,9,12-13,20H,7-8,10-11H2,1-4H3,(H,30,31)(H,32,35);2-3,6,9-10,17H,4-5,7-8H2,1H3,(H,26,27)(H2,24,30,31). The molecule has 8 rings (SSSR count). The molecule has 2 saturated heterocycles. The topological polar surface area (TPSA) is 266 Å². The summed E-state index contributed by atoms with van der Waals surface area (Å²) in [5.74, 6) is -6.46. The Kier molecular flexibility index (Phi) is 17.8. The third kappa shape index (κ3) is 13.0. The fourth-order valence-electron chi connectivity index (χ4n) is 8.55. The predicted octanol–water partition coefficient (Wildman–Crippen LogP) is 6.58. The summed E-state index contributed by atoms with van der Waals surface area (Å²) in [6.07, 6.45) is 3.21. The number of thiazole rings is 2. The first kappa shape index (κ1) is 57.1. The number of allylic oxidation sites excluding steroid dienone is 2. The van der Waals surface area contributed by atoms with Crippen molar-refractivity contribution in [2.45, 2.75) is 64.1 Å². The van der Waals surface area contributed by atoms with Gasteiger partial charge in [0.05, 0.1) is 35.4 Å². The maximum Gasteiger partial charge on any atom is 0.422 e. The van der Waals surface area contributed by atoms with Crippen LogP contribution in [0, 0.1) is 35.1 Å². The Labute approximate surface area is 446 Å². The molecule has 0 spiro atoms. The van der Waals surface area contributed by atoms with Crippen LogP contribution in [-0.2, 0) is 44.2 Å². The van der Waals surface area contributed by atoms with Crippen molar-refractivity contribution < 1.29 is 63.0 Å². The lowest BCUT2D eigenvalue weighted by atomic mass is 9.86. The Morgan fingerprint density at radius 2 is 1.11 bits per heavy atom. The van der Waals surface area contributed by atoms with Gasteiger partial charge in [0.1, 0.15) is 17.7 Å². The minimum Gasteiger partial charge on any atom is -0.466 e. The highest BCUT2D eigenvalue weighted by Crippen LogP contribution is 2.43. The Morgan fingerprint density at radius 1 is 0.707 bits per heavy atom. The van der Waals surface area contributed by atoms with Gasteiger partial charge in [0.2, 0.25) is 0 Å². The van der Waals surface area contributed by atoms with Gasteiger partial charge in [0, 0.05) is 83.7 Å². The smallest absolute Gasteiger partial charge is 0.422 e. The average Bonchev–Trinajstić information content (AvgIpc) is 4.12. The fraction of sp³-hybridized carbons (Fsp3) is 0.400. The molecule has 404 valence electrons. The zero-order valence-corrected chi connectivity index (χ0v) is 45.1. The average molecular weight is 1160 g/mol. The molecule has 20 nitrogen and oxygen atoms in total. The highest BCUT2D eigenvalue weighted by molar-refractivity contribution is 7.87. The third-order valence-electron chi connectivity index (χ3n) is 12.0. The monoisotopic (exact) mass is 1160 g/mol. The van der Waals surface area contributed by atoms with Crippen LogP contribution in [0.1, 0.15) is 79.7 Å². The molecular weight excluding hydrogens is 1120 g/mol. The van der Waals surface area contributed by atoms with Crippen LogP contribution in [0.4, 0.5) is 22.4 Å². The number of nitrogens with zero attached hydrogens (tertiary/aromatic N) is 6. The molecule has 0 radical (unpaired) electrons. The molecule has 4 aliphatic rings. The third-order valence-corrected chi connectivity index (χ3v) is 16.9. The van der Waals surface area contributed by atoms with Crippen LogP contribution in [0.2, 0.25) is 10.0 Å². The van der Waals surface area contributed by atoms with Crippen molar-refractivity contribution in [1.29, 1.82) is 0 Å². The van der Waals surface area contributed by atoms with Crippen molar-refractivity contribution in [3.05, 3.63) is 124 Å². The predicted molar refractivity (Wildman–Crippen MR) is 270 cm³/mol. The van der Waals surface area contributed by atoms with Crippen LogP contribution in [0.5, 0.6) is 0 Å². The first-order valence-corrected chi connectivity index (χ1v) is 28.0. The normalized spacial score (nSPS) is 19.5. The molecule has 6 heterocycles. The lowest BCUT2D eigenvalue weighted by Crippen LogP contribution is -2.49. The van der Waals surface area contributed by atoms with Gasteiger partial charge in [0.25, 0.3) is 10.2 Å². The quantitative estimate of drug-likeness (QED) is 0.0535. The van der Waals surface area contributed by atoms with Crippen molar-refractivity contribution in [2.24, 2.45) is 27.0 Å². The van der Waals surface area contributed by atoms with E-state index in [0.29, 0.717) is 40.1 Å². The maximum absolute atomic E-state index is 14.5. The number of carbonyl (C=O) groups is 3. The number of hydrogen-bond donors (Lipinski definition) is 4. The highest BCUT2D eigenvalue weighted by Gasteiger charge is 2.41. The van der Waals surface area contributed by atoms with Crippen LogP contribution >= 0.6 is 45.9 Å². The van der Waals surface area contributed by atoms with E-state index in [1.165, 1.54) is 49.0 Å². The molecule has 2 atom stereocenters. The zero-order valence-electron chi connectivity index (χ0n) is 40.3. The number of hydrogen-bond acceptors (Lipinski definition) is 18. The van der Waals surface area contributed by atoms with Gasteiger partial charge in [-0.15, -0.1) is 22.7 Å². The first-order valence-electron chi connectivity index (χ1n) is 22.5. The molecule has 1 amide bonds. The van der Waals surface area contributed by atoms with E-state index in [0.717, 1.165) is 20.7 Å². The summed E-state index contributed by atoms with van der Waals surface area (Å²) >= 11 is 14.9. The van der Waals surface area contributed by atoms with E-state index >= 15 is 0 Å². The molecular formula is C45H48Cl2F4N10O10S4. The number of rotatable bonds is 11. The lowest BCUT2D eigenvalue weighted by Gasteiger charge is -2.36.